The van der Waals surface area contributed by atoms with Gasteiger partial charge in [0, 0.05) is 12.1 Å². The van der Waals surface area contributed by atoms with Gasteiger partial charge in [-0.15, -0.1) is 0 Å². The third-order valence-corrected chi connectivity index (χ3v) is 3.51. The van der Waals surface area contributed by atoms with Crippen molar-refractivity contribution in [2.75, 3.05) is 0 Å². The van der Waals surface area contributed by atoms with Crippen LogP contribution in [0.15, 0.2) is 59.1 Å². The quantitative estimate of drug-likeness (QED) is 0.458. The topological polar surface area (TPSA) is 97.8 Å². The molecule has 7 heteroatoms. The van der Waals surface area contributed by atoms with Gasteiger partial charge in [-0.3, -0.25) is 10.1 Å². The van der Waals surface area contributed by atoms with Gasteiger partial charge in [-0.2, -0.15) is 0 Å². The lowest BCUT2D eigenvalue weighted by Crippen LogP contribution is -1.90. The molecule has 23 heavy (non-hydrogen) atoms. The van der Waals surface area contributed by atoms with Crippen molar-refractivity contribution in [3.8, 4) is 22.8 Å². The number of hydrogen-bond donors (Lipinski definition) is 1. The molecule has 0 saturated carbocycles. The Morgan fingerprint density at radius 2 is 1.87 bits per heavy atom. The maximum atomic E-state index is 11.1. The van der Waals surface area contributed by atoms with Crippen molar-refractivity contribution in [1.29, 1.82) is 0 Å². The Labute approximate surface area is 129 Å². The van der Waals surface area contributed by atoms with Crippen molar-refractivity contribution in [2.45, 2.75) is 0 Å². The van der Waals surface area contributed by atoms with Crippen LogP contribution < -0.4 is 0 Å². The van der Waals surface area contributed by atoms with Crippen molar-refractivity contribution in [1.82, 2.24) is 15.1 Å². The van der Waals surface area contributed by atoms with E-state index in [4.69, 9.17) is 4.52 Å². The van der Waals surface area contributed by atoms with Crippen LogP contribution in [0.4, 0.5) is 5.69 Å². The number of para-hydroxylation sites is 3. The fourth-order valence-corrected chi connectivity index (χ4v) is 2.43. The van der Waals surface area contributed by atoms with Gasteiger partial charge in [-0.1, -0.05) is 29.4 Å². The van der Waals surface area contributed by atoms with Crippen molar-refractivity contribution in [2.24, 2.45) is 0 Å². The summed E-state index contributed by atoms with van der Waals surface area (Å²) < 4.78 is 5.28. The van der Waals surface area contributed by atoms with Gasteiger partial charge in [0.25, 0.3) is 5.69 Å². The summed E-state index contributed by atoms with van der Waals surface area (Å²) in [6, 6.07) is 15.6. The van der Waals surface area contributed by atoms with E-state index in [1.165, 1.54) is 6.07 Å². The smallest absolute Gasteiger partial charge is 0.280 e. The van der Waals surface area contributed by atoms with E-state index in [0.29, 0.717) is 22.8 Å². The summed E-state index contributed by atoms with van der Waals surface area (Å²) in [4.78, 5) is 18.3. The van der Waals surface area contributed by atoms with Crippen LogP contribution in [0.2, 0.25) is 0 Å². The Morgan fingerprint density at radius 1 is 1.09 bits per heavy atom. The number of nitro groups is 1. The standard InChI is InChI=1S/C16H10N4O3/c21-20(22)14-8-4-1-5-10(14)15-9-13(19-23-15)16-17-11-6-2-3-7-12(11)18-16/h1-9H,(H,17,18). The van der Waals surface area contributed by atoms with Crippen LogP contribution in [0.25, 0.3) is 33.9 Å². The van der Waals surface area contributed by atoms with Crippen LogP contribution in [-0.4, -0.2) is 20.0 Å². The SMILES string of the molecule is O=[N+]([O-])c1ccccc1-c1cc(-c2nc3ccccc3[nH]2)no1. The van der Waals surface area contributed by atoms with Crippen LogP contribution in [-0.2, 0) is 0 Å². The molecule has 4 rings (SSSR count). The fourth-order valence-electron chi connectivity index (χ4n) is 2.43. The Balaban J connectivity index is 1.79. The van der Waals surface area contributed by atoms with E-state index in [9.17, 15) is 10.1 Å². The number of nitro benzene ring substituents is 1. The molecule has 0 aliphatic heterocycles. The number of benzene rings is 2. The minimum absolute atomic E-state index is 0.0280. The van der Waals surface area contributed by atoms with E-state index in [2.05, 4.69) is 15.1 Å². The summed E-state index contributed by atoms with van der Waals surface area (Å²) >= 11 is 0. The summed E-state index contributed by atoms with van der Waals surface area (Å²) in [6.07, 6.45) is 0. The molecule has 0 aliphatic carbocycles. The van der Waals surface area contributed by atoms with Gasteiger partial charge >= 0.3 is 0 Å². The van der Waals surface area contributed by atoms with Gasteiger partial charge in [-0.25, -0.2) is 4.98 Å². The number of aromatic nitrogens is 3. The van der Waals surface area contributed by atoms with Crippen LogP contribution in [0.3, 0.4) is 0 Å². The van der Waals surface area contributed by atoms with Crippen LogP contribution in [0.5, 0.6) is 0 Å². The van der Waals surface area contributed by atoms with Gasteiger partial charge in [0.1, 0.15) is 5.69 Å². The Morgan fingerprint density at radius 3 is 2.70 bits per heavy atom. The lowest BCUT2D eigenvalue weighted by molar-refractivity contribution is -0.384. The number of fused-ring (bicyclic) bond motifs is 1. The highest BCUT2D eigenvalue weighted by molar-refractivity contribution is 5.79. The minimum atomic E-state index is -0.446. The molecule has 1 N–H and O–H groups in total. The number of hydrogen-bond acceptors (Lipinski definition) is 5. The van der Waals surface area contributed by atoms with E-state index in [-0.39, 0.29) is 5.69 Å². The minimum Gasteiger partial charge on any atom is -0.355 e. The Bertz CT molecular complexity index is 986. The molecule has 0 unspecified atom stereocenters. The first-order chi connectivity index (χ1) is 11.2. The molecule has 2 heterocycles. The zero-order chi connectivity index (χ0) is 15.8. The molecule has 7 nitrogen and oxygen atoms in total. The molecule has 0 bridgehead atoms. The summed E-state index contributed by atoms with van der Waals surface area (Å²) in [6.45, 7) is 0. The normalized spacial score (nSPS) is 11.0. The number of nitrogens with one attached hydrogen (secondary N) is 1. The van der Waals surface area contributed by atoms with Gasteiger partial charge in [0.05, 0.1) is 21.5 Å². The molecule has 0 spiro atoms. The third-order valence-electron chi connectivity index (χ3n) is 3.51. The monoisotopic (exact) mass is 306 g/mol. The maximum absolute atomic E-state index is 11.1. The number of H-pyrrole nitrogens is 1. The molecule has 0 radical (unpaired) electrons. The molecule has 0 atom stereocenters. The molecule has 4 aromatic rings. The number of rotatable bonds is 3. The largest absolute Gasteiger partial charge is 0.355 e. The van der Waals surface area contributed by atoms with Crippen molar-refractivity contribution >= 4 is 16.7 Å². The first kappa shape index (κ1) is 13.2. The van der Waals surface area contributed by atoms with Crippen LogP contribution in [0.1, 0.15) is 0 Å². The summed E-state index contributed by atoms with van der Waals surface area (Å²) in [5.41, 5.74) is 2.55. The zero-order valence-corrected chi connectivity index (χ0v) is 11.8. The highest BCUT2D eigenvalue weighted by Crippen LogP contribution is 2.32. The predicted molar refractivity (Wildman–Crippen MR) is 83.7 cm³/mol. The molecule has 112 valence electrons. The summed E-state index contributed by atoms with van der Waals surface area (Å²) in [7, 11) is 0. The van der Waals surface area contributed by atoms with Gasteiger partial charge in [0.2, 0.25) is 0 Å². The molecule has 2 aromatic heterocycles. The highest BCUT2D eigenvalue weighted by Gasteiger charge is 2.19. The van der Waals surface area contributed by atoms with Crippen molar-refractivity contribution in [3.63, 3.8) is 0 Å². The summed E-state index contributed by atoms with van der Waals surface area (Å²) in [5.74, 6) is 0.882. The maximum Gasteiger partial charge on any atom is 0.280 e. The number of imidazole rings is 1. The van der Waals surface area contributed by atoms with Crippen LogP contribution in [0, 0.1) is 10.1 Å². The fraction of sp³-hybridized carbons (Fsp3) is 0. The molecule has 0 saturated heterocycles. The molecular weight excluding hydrogens is 296 g/mol. The van der Waals surface area contributed by atoms with E-state index in [0.717, 1.165) is 11.0 Å². The number of nitrogens with zero attached hydrogens (tertiary/aromatic N) is 3. The first-order valence-corrected chi connectivity index (χ1v) is 6.88. The van der Waals surface area contributed by atoms with Crippen molar-refractivity contribution in [3.05, 3.63) is 64.7 Å². The van der Waals surface area contributed by atoms with E-state index in [1.54, 1.807) is 24.3 Å². The lowest BCUT2D eigenvalue weighted by Gasteiger charge is -1.96. The molecular formula is C16H10N4O3. The Kier molecular flexibility index (Phi) is 2.90. The van der Waals surface area contributed by atoms with E-state index < -0.39 is 4.92 Å². The van der Waals surface area contributed by atoms with Gasteiger partial charge < -0.3 is 9.51 Å². The Hall–Kier alpha value is -3.48. The van der Waals surface area contributed by atoms with Crippen molar-refractivity contribution < 1.29 is 9.45 Å². The third kappa shape index (κ3) is 2.24. The summed E-state index contributed by atoms with van der Waals surface area (Å²) in [5, 5.41) is 15.1. The number of aromatic amines is 1. The molecule has 0 fully saturated rings. The average molecular weight is 306 g/mol. The van der Waals surface area contributed by atoms with E-state index in [1.807, 2.05) is 24.3 Å². The second-order valence-corrected chi connectivity index (χ2v) is 4.95. The molecule has 0 aliphatic rings. The van der Waals surface area contributed by atoms with Crippen LogP contribution >= 0.6 is 0 Å². The molecule has 2 aromatic carbocycles. The second-order valence-electron chi connectivity index (χ2n) is 4.95. The average Bonchev–Trinajstić information content (AvgIpc) is 3.21. The van der Waals surface area contributed by atoms with Gasteiger partial charge in [-0.05, 0) is 18.2 Å². The van der Waals surface area contributed by atoms with Gasteiger partial charge in [0.15, 0.2) is 11.6 Å². The lowest BCUT2D eigenvalue weighted by atomic mass is 10.1. The van der Waals surface area contributed by atoms with E-state index >= 15 is 0 Å². The first-order valence-electron chi connectivity index (χ1n) is 6.88. The zero-order valence-electron chi connectivity index (χ0n) is 11.8. The second kappa shape index (κ2) is 5.06. The predicted octanol–water partition coefficient (Wildman–Crippen LogP) is 3.79. The molecule has 0 amide bonds. The highest BCUT2D eigenvalue weighted by atomic mass is 16.6.